The normalized spacial score (nSPS) is 10.8. The van der Waals surface area contributed by atoms with E-state index in [9.17, 15) is 22.8 Å². The van der Waals surface area contributed by atoms with Crippen LogP contribution in [0.1, 0.15) is 0 Å². The molecule has 0 saturated carbocycles. The maximum absolute atomic E-state index is 12.0. The first-order chi connectivity index (χ1) is 8.70. The number of halogens is 4. The molecule has 0 aliphatic carbocycles. The third kappa shape index (κ3) is 4.93. The molecule has 0 saturated heterocycles. The molecule has 1 rings (SSSR count). The molecule has 0 fully saturated rings. The van der Waals surface area contributed by atoms with E-state index in [1.165, 1.54) is 5.43 Å². The average molecular weight is 387 g/mol. The number of nitrogens with one attached hydrogen (secondary N) is 2. The Hall–Kier alpha value is -1.52. The van der Waals surface area contributed by atoms with E-state index >= 15 is 0 Å². The highest BCUT2D eigenvalue weighted by Gasteiger charge is 2.39. The number of hydrogen-bond donors (Lipinski definition) is 2. The van der Waals surface area contributed by atoms with Gasteiger partial charge in [0.25, 0.3) is 0 Å². The Morgan fingerprint density at radius 3 is 2.21 bits per heavy atom. The fourth-order valence-electron chi connectivity index (χ4n) is 1.01. The number of carbonyl (C=O) groups excluding carboxylic acids is 2. The third-order valence-electron chi connectivity index (χ3n) is 1.93. The van der Waals surface area contributed by atoms with Gasteiger partial charge in [0.1, 0.15) is 0 Å². The van der Waals surface area contributed by atoms with Gasteiger partial charge in [-0.2, -0.15) is 13.2 Å². The molecule has 19 heavy (non-hydrogen) atoms. The topological polar surface area (TPSA) is 61.4 Å². The van der Waals surface area contributed by atoms with Gasteiger partial charge in [-0.05, 0) is 46.9 Å². The summed E-state index contributed by atoms with van der Waals surface area (Å²) >= 11 is 2.06. The van der Waals surface area contributed by atoms with Gasteiger partial charge >= 0.3 is 18.1 Å². The van der Waals surface area contributed by atoms with Crippen LogP contribution in [0, 0.1) is 3.57 Å². The lowest BCUT2D eigenvalue weighted by Gasteiger charge is -2.19. The van der Waals surface area contributed by atoms with Crippen molar-refractivity contribution in [2.45, 2.75) is 6.18 Å². The number of alkyl halides is 3. The predicted molar refractivity (Wildman–Crippen MR) is 70.1 cm³/mol. The van der Waals surface area contributed by atoms with Gasteiger partial charge in [0.2, 0.25) is 0 Å². The Kier molecular flexibility index (Phi) is 4.97. The molecule has 2 N–H and O–H groups in total. The van der Waals surface area contributed by atoms with Crippen LogP contribution in [0.15, 0.2) is 24.3 Å². The van der Waals surface area contributed by atoms with Crippen molar-refractivity contribution in [3.8, 4) is 0 Å². The van der Waals surface area contributed by atoms with Gasteiger partial charge in [-0.1, -0.05) is 0 Å². The number of hydrogen-bond acceptors (Lipinski definition) is 2. The molecule has 1 aromatic carbocycles. The Bertz CT molecular complexity index is 476. The van der Waals surface area contributed by atoms with E-state index in [1.807, 2.05) is 0 Å². The fourth-order valence-corrected chi connectivity index (χ4v) is 1.37. The lowest BCUT2D eigenvalue weighted by atomic mass is 10.3. The van der Waals surface area contributed by atoms with Crippen molar-refractivity contribution in [1.29, 1.82) is 0 Å². The van der Waals surface area contributed by atoms with Crippen molar-refractivity contribution in [2.75, 3.05) is 12.4 Å². The zero-order valence-electron chi connectivity index (χ0n) is 9.58. The smallest absolute Gasteiger partial charge is 0.306 e. The summed E-state index contributed by atoms with van der Waals surface area (Å²) in [5, 5.41) is 2.75. The highest BCUT2D eigenvalue weighted by Crippen LogP contribution is 2.14. The molecule has 0 aromatic heterocycles. The van der Waals surface area contributed by atoms with Crippen molar-refractivity contribution < 1.29 is 22.8 Å². The van der Waals surface area contributed by atoms with Gasteiger partial charge < -0.3 is 5.32 Å². The van der Waals surface area contributed by atoms with Gasteiger partial charge in [-0.15, -0.1) is 0 Å². The van der Waals surface area contributed by atoms with Crippen LogP contribution in [-0.2, 0) is 4.79 Å². The van der Waals surface area contributed by atoms with Crippen LogP contribution in [0.4, 0.5) is 23.7 Å². The maximum Gasteiger partial charge on any atom is 0.472 e. The minimum Gasteiger partial charge on any atom is -0.306 e. The lowest BCUT2D eigenvalue weighted by Crippen LogP contribution is -2.50. The Morgan fingerprint density at radius 1 is 1.21 bits per heavy atom. The molecule has 104 valence electrons. The summed E-state index contributed by atoms with van der Waals surface area (Å²) in [6, 6.07) is 5.70. The number of carbonyl (C=O) groups is 2. The first kappa shape index (κ1) is 15.5. The molecule has 0 atom stereocenters. The summed E-state index contributed by atoms with van der Waals surface area (Å²) in [5.41, 5.74) is 1.81. The Morgan fingerprint density at radius 2 is 1.74 bits per heavy atom. The summed E-state index contributed by atoms with van der Waals surface area (Å²) in [5.74, 6) is -2.22. The molecule has 9 heteroatoms. The number of urea groups is 1. The standard InChI is InChI=1S/C10H9F3IN3O2/c1-17(16-8(18)10(11,12)13)9(19)15-7-4-2-6(14)3-5-7/h2-5H,1H3,(H,15,19)(H,16,18). The van der Waals surface area contributed by atoms with Crippen LogP contribution in [0.3, 0.4) is 0 Å². The summed E-state index contributed by atoms with van der Waals surface area (Å²) in [4.78, 5) is 22.1. The van der Waals surface area contributed by atoms with Crippen molar-refractivity contribution in [3.63, 3.8) is 0 Å². The number of hydrazine groups is 1. The third-order valence-corrected chi connectivity index (χ3v) is 2.65. The number of amides is 3. The predicted octanol–water partition coefficient (Wildman–Crippen LogP) is 2.35. The first-order valence-corrected chi connectivity index (χ1v) is 5.96. The number of nitrogens with zero attached hydrogens (tertiary/aromatic N) is 1. The van der Waals surface area contributed by atoms with E-state index in [2.05, 4.69) is 27.9 Å². The van der Waals surface area contributed by atoms with Gasteiger partial charge in [-0.25, -0.2) is 9.80 Å². The van der Waals surface area contributed by atoms with Crippen molar-refractivity contribution in [3.05, 3.63) is 27.8 Å². The second kappa shape index (κ2) is 6.08. The molecule has 0 unspecified atom stereocenters. The summed E-state index contributed by atoms with van der Waals surface area (Å²) in [7, 11) is 1.01. The Labute approximate surface area is 120 Å². The fraction of sp³-hybridized carbons (Fsp3) is 0.200. The molecular formula is C10H9F3IN3O2. The van der Waals surface area contributed by atoms with E-state index in [0.29, 0.717) is 10.7 Å². The molecule has 0 heterocycles. The summed E-state index contributed by atoms with van der Waals surface area (Å²) in [6.07, 6.45) is -5.04. The van der Waals surface area contributed by atoms with Crippen LogP contribution in [0.25, 0.3) is 0 Å². The highest BCUT2D eigenvalue weighted by molar-refractivity contribution is 14.1. The number of anilines is 1. The van der Waals surface area contributed by atoms with Crippen molar-refractivity contribution >= 4 is 40.2 Å². The SMILES string of the molecule is CN(NC(=O)C(F)(F)F)C(=O)Nc1ccc(I)cc1. The van der Waals surface area contributed by atoms with Gasteiger partial charge in [-0.3, -0.25) is 10.2 Å². The zero-order valence-corrected chi connectivity index (χ0v) is 11.7. The second-order valence-corrected chi connectivity index (χ2v) is 4.68. The molecule has 3 amide bonds. The molecule has 0 spiro atoms. The average Bonchev–Trinajstić information content (AvgIpc) is 2.30. The monoisotopic (exact) mass is 387 g/mol. The first-order valence-electron chi connectivity index (χ1n) is 4.88. The van der Waals surface area contributed by atoms with E-state index in [-0.39, 0.29) is 0 Å². The van der Waals surface area contributed by atoms with E-state index < -0.39 is 18.1 Å². The molecule has 1 aromatic rings. The lowest BCUT2D eigenvalue weighted by molar-refractivity contribution is -0.177. The molecule has 5 nitrogen and oxygen atoms in total. The molecule has 0 aliphatic rings. The second-order valence-electron chi connectivity index (χ2n) is 3.43. The van der Waals surface area contributed by atoms with Gasteiger partial charge in [0.15, 0.2) is 0 Å². The molecular weight excluding hydrogens is 378 g/mol. The number of benzene rings is 1. The van der Waals surface area contributed by atoms with Crippen LogP contribution in [0.5, 0.6) is 0 Å². The summed E-state index contributed by atoms with van der Waals surface area (Å²) in [6.45, 7) is 0. The zero-order chi connectivity index (χ0) is 14.6. The van der Waals surface area contributed by atoms with Crippen molar-refractivity contribution in [2.24, 2.45) is 0 Å². The molecule has 0 aliphatic heterocycles. The van der Waals surface area contributed by atoms with E-state index in [4.69, 9.17) is 0 Å². The van der Waals surface area contributed by atoms with Crippen LogP contribution in [0.2, 0.25) is 0 Å². The van der Waals surface area contributed by atoms with Gasteiger partial charge in [0.05, 0.1) is 0 Å². The molecule has 0 bridgehead atoms. The van der Waals surface area contributed by atoms with Crippen LogP contribution in [-0.4, -0.2) is 30.2 Å². The quantitative estimate of drug-likeness (QED) is 0.574. The Balaban J connectivity index is 2.58. The van der Waals surface area contributed by atoms with Crippen molar-refractivity contribution in [1.82, 2.24) is 10.4 Å². The molecule has 0 radical (unpaired) electrons. The number of rotatable bonds is 1. The maximum atomic E-state index is 12.0. The highest BCUT2D eigenvalue weighted by atomic mass is 127. The van der Waals surface area contributed by atoms with Crippen LogP contribution >= 0.6 is 22.6 Å². The van der Waals surface area contributed by atoms with E-state index in [1.54, 1.807) is 24.3 Å². The van der Waals surface area contributed by atoms with Crippen LogP contribution < -0.4 is 10.7 Å². The summed E-state index contributed by atoms with van der Waals surface area (Å²) < 4.78 is 36.9. The minimum atomic E-state index is -5.04. The van der Waals surface area contributed by atoms with Gasteiger partial charge in [0, 0.05) is 16.3 Å². The van der Waals surface area contributed by atoms with E-state index in [0.717, 1.165) is 10.6 Å². The largest absolute Gasteiger partial charge is 0.472 e. The minimum absolute atomic E-state index is 0.401.